The lowest BCUT2D eigenvalue weighted by atomic mass is 10.00. The molecular weight excluding hydrogens is 407 g/mol. The first-order valence-electron chi connectivity index (χ1n) is 10.3. The van der Waals surface area contributed by atoms with Gasteiger partial charge in [0.2, 0.25) is 0 Å². The van der Waals surface area contributed by atoms with E-state index in [1.165, 1.54) is 18.5 Å². The van der Waals surface area contributed by atoms with Crippen molar-refractivity contribution in [2.45, 2.75) is 56.4 Å². The number of nitrogens with zero attached hydrogens (tertiary/aromatic N) is 1. The zero-order valence-electron chi connectivity index (χ0n) is 16.3. The summed E-state index contributed by atoms with van der Waals surface area (Å²) in [5.74, 6) is 0.141. The van der Waals surface area contributed by atoms with E-state index < -0.39 is 5.60 Å². The number of Topliss-reactive ketones (excluding diaryl/α,β-unsaturated/α-hetero) is 1. The molecule has 1 N–H and O–H groups in total. The Morgan fingerprint density at radius 3 is 2.69 bits per heavy atom. The van der Waals surface area contributed by atoms with Crippen LogP contribution in [0.1, 0.15) is 44.3 Å². The van der Waals surface area contributed by atoms with Gasteiger partial charge in [0.25, 0.3) is 0 Å². The molecule has 152 valence electrons. The maximum Gasteiger partial charge on any atom is 0.188 e. The minimum absolute atomic E-state index is 0.141. The summed E-state index contributed by atoms with van der Waals surface area (Å²) in [6, 6.07) is 13.9. The van der Waals surface area contributed by atoms with Crippen molar-refractivity contribution < 1.29 is 9.53 Å². The van der Waals surface area contributed by atoms with Crippen molar-refractivity contribution in [1.29, 1.82) is 0 Å². The third-order valence-corrected chi connectivity index (χ3v) is 6.76. The molecule has 0 bridgehead atoms. The molecule has 0 spiro atoms. The highest BCUT2D eigenvalue weighted by atomic mass is 35.5. The highest BCUT2D eigenvalue weighted by Crippen LogP contribution is 2.47. The lowest BCUT2D eigenvalue weighted by Crippen LogP contribution is -2.51. The van der Waals surface area contributed by atoms with Crippen LogP contribution in [0.3, 0.4) is 0 Å². The average molecular weight is 431 g/mol. The standard InChI is InChI=1S/C23H24Cl2N2O2/c1-14(17-12-15(24)6-9-18(17)25)29-23(10-11-23)22(28)20-13-27(16-7-8-16)21-5-3-2-4-19(21)26-20/h2-6,9,12,14,16,20,26H,7-8,10-11,13H2,1H3. The maximum absolute atomic E-state index is 13.5. The van der Waals surface area contributed by atoms with Crippen molar-refractivity contribution in [3.05, 3.63) is 58.1 Å². The van der Waals surface area contributed by atoms with Gasteiger partial charge in [0.15, 0.2) is 5.78 Å². The van der Waals surface area contributed by atoms with Gasteiger partial charge in [0.05, 0.1) is 17.5 Å². The Hall–Kier alpha value is -1.75. The fourth-order valence-corrected chi connectivity index (χ4v) is 4.79. The highest BCUT2D eigenvalue weighted by molar-refractivity contribution is 6.33. The Kier molecular flexibility index (Phi) is 4.77. The molecule has 1 aliphatic heterocycles. The fraction of sp³-hybridized carbons (Fsp3) is 0.435. The second-order valence-electron chi connectivity index (χ2n) is 8.38. The Morgan fingerprint density at radius 2 is 1.97 bits per heavy atom. The molecule has 3 aliphatic rings. The van der Waals surface area contributed by atoms with E-state index in [1.54, 1.807) is 12.1 Å². The van der Waals surface area contributed by atoms with Crippen molar-refractivity contribution in [1.82, 2.24) is 0 Å². The van der Waals surface area contributed by atoms with Crippen LogP contribution in [-0.4, -0.2) is 30.0 Å². The number of rotatable bonds is 6. The van der Waals surface area contributed by atoms with Gasteiger partial charge >= 0.3 is 0 Å². The summed E-state index contributed by atoms with van der Waals surface area (Å²) >= 11 is 12.5. The third kappa shape index (κ3) is 3.63. The summed E-state index contributed by atoms with van der Waals surface area (Å²) in [7, 11) is 0. The van der Waals surface area contributed by atoms with Crippen LogP contribution in [0.4, 0.5) is 11.4 Å². The van der Waals surface area contributed by atoms with Crippen molar-refractivity contribution in [2.75, 3.05) is 16.8 Å². The topological polar surface area (TPSA) is 41.6 Å². The molecule has 2 fully saturated rings. The molecule has 5 rings (SSSR count). The SMILES string of the molecule is CC(OC1(C(=O)C2CN(C3CC3)c3ccccc3N2)CC1)c1cc(Cl)ccc1Cl. The number of hydrogen-bond donors (Lipinski definition) is 1. The number of carbonyl (C=O) groups is 1. The predicted molar refractivity (Wildman–Crippen MR) is 117 cm³/mol. The Bertz CT molecular complexity index is 956. The molecule has 0 radical (unpaired) electrons. The monoisotopic (exact) mass is 430 g/mol. The Labute approximate surface area is 181 Å². The molecule has 2 aliphatic carbocycles. The molecule has 2 unspecified atom stereocenters. The molecule has 2 atom stereocenters. The van der Waals surface area contributed by atoms with E-state index in [0.29, 0.717) is 22.6 Å². The molecule has 2 saturated carbocycles. The molecule has 1 heterocycles. The summed E-state index contributed by atoms with van der Waals surface area (Å²) in [5.41, 5.74) is 2.32. The van der Waals surface area contributed by atoms with Gasteiger partial charge in [0, 0.05) is 28.2 Å². The smallest absolute Gasteiger partial charge is 0.188 e. The van der Waals surface area contributed by atoms with Crippen LogP contribution in [-0.2, 0) is 9.53 Å². The number of carbonyl (C=O) groups excluding carboxylic acids is 1. The Morgan fingerprint density at radius 1 is 1.21 bits per heavy atom. The first-order valence-corrected chi connectivity index (χ1v) is 11.0. The van der Waals surface area contributed by atoms with E-state index in [9.17, 15) is 4.79 Å². The van der Waals surface area contributed by atoms with Crippen LogP contribution in [0.5, 0.6) is 0 Å². The third-order valence-electron chi connectivity index (χ3n) is 6.18. The predicted octanol–water partition coefficient (Wildman–Crippen LogP) is 5.64. The van der Waals surface area contributed by atoms with Crippen molar-refractivity contribution in [3.8, 4) is 0 Å². The zero-order chi connectivity index (χ0) is 20.2. The van der Waals surface area contributed by atoms with E-state index >= 15 is 0 Å². The normalized spacial score (nSPS) is 23.1. The molecule has 0 amide bonds. The minimum atomic E-state index is -0.732. The van der Waals surface area contributed by atoms with Gasteiger partial charge in [-0.05, 0) is 62.9 Å². The number of para-hydroxylation sites is 2. The van der Waals surface area contributed by atoms with E-state index in [0.717, 1.165) is 24.1 Å². The fourth-order valence-electron chi connectivity index (χ4n) is 4.34. The number of hydrogen-bond acceptors (Lipinski definition) is 4. The average Bonchev–Trinajstić information content (AvgIpc) is 3.64. The number of ether oxygens (including phenoxy) is 1. The molecule has 6 heteroatoms. The number of anilines is 2. The van der Waals surface area contributed by atoms with E-state index in [2.05, 4.69) is 28.4 Å². The minimum Gasteiger partial charge on any atom is -0.372 e. The van der Waals surface area contributed by atoms with Crippen LogP contribution in [0, 0.1) is 0 Å². The van der Waals surface area contributed by atoms with Gasteiger partial charge < -0.3 is 15.0 Å². The van der Waals surface area contributed by atoms with Gasteiger partial charge in [-0.2, -0.15) is 0 Å². The molecule has 2 aromatic carbocycles. The quantitative estimate of drug-likeness (QED) is 0.643. The van der Waals surface area contributed by atoms with E-state index in [1.807, 2.05) is 19.1 Å². The van der Waals surface area contributed by atoms with E-state index in [4.69, 9.17) is 27.9 Å². The van der Waals surface area contributed by atoms with Gasteiger partial charge in [-0.3, -0.25) is 4.79 Å². The number of ketones is 1. The summed E-state index contributed by atoms with van der Waals surface area (Å²) in [6.07, 6.45) is 3.58. The second kappa shape index (κ2) is 7.19. The van der Waals surface area contributed by atoms with Crippen LogP contribution < -0.4 is 10.2 Å². The zero-order valence-corrected chi connectivity index (χ0v) is 17.8. The summed E-state index contributed by atoms with van der Waals surface area (Å²) in [4.78, 5) is 15.9. The first kappa shape index (κ1) is 19.2. The number of benzene rings is 2. The summed E-state index contributed by atoms with van der Waals surface area (Å²) < 4.78 is 6.33. The molecule has 4 nitrogen and oxygen atoms in total. The van der Waals surface area contributed by atoms with Gasteiger partial charge in [0.1, 0.15) is 11.6 Å². The van der Waals surface area contributed by atoms with Gasteiger partial charge in [-0.15, -0.1) is 0 Å². The number of nitrogens with one attached hydrogen (secondary N) is 1. The maximum atomic E-state index is 13.5. The van der Waals surface area contributed by atoms with Gasteiger partial charge in [-0.1, -0.05) is 35.3 Å². The lowest BCUT2D eigenvalue weighted by molar-refractivity contribution is -0.138. The highest BCUT2D eigenvalue weighted by Gasteiger charge is 2.55. The summed E-state index contributed by atoms with van der Waals surface area (Å²) in [6.45, 7) is 2.63. The molecule has 2 aromatic rings. The van der Waals surface area contributed by atoms with Crippen molar-refractivity contribution in [3.63, 3.8) is 0 Å². The van der Waals surface area contributed by atoms with Crippen LogP contribution in [0.25, 0.3) is 0 Å². The van der Waals surface area contributed by atoms with Crippen LogP contribution >= 0.6 is 23.2 Å². The number of fused-ring (bicyclic) bond motifs is 1. The molecule has 29 heavy (non-hydrogen) atoms. The second-order valence-corrected chi connectivity index (χ2v) is 9.23. The largest absolute Gasteiger partial charge is 0.372 e. The van der Waals surface area contributed by atoms with Crippen LogP contribution in [0.15, 0.2) is 42.5 Å². The van der Waals surface area contributed by atoms with Crippen molar-refractivity contribution >= 4 is 40.4 Å². The molecule has 0 aromatic heterocycles. The summed E-state index contributed by atoms with van der Waals surface area (Å²) in [5, 5.41) is 4.69. The van der Waals surface area contributed by atoms with Gasteiger partial charge in [-0.25, -0.2) is 0 Å². The molecule has 0 saturated heterocycles. The first-order chi connectivity index (χ1) is 14.0. The number of halogens is 2. The Balaban J connectivity index is 1.35. The van der Waals surface area contributed by atoms with Crippen LogP contribution in [0.2, 0.25) is 10.0 Å². The lowest BCUT2D eigenvalue weighted by Gasteiger charge is -2.38. The molecular formula is C23H24Cl2N2O2. The van der Waals surface area contributed by atoms with Crippen molar-refractivity contribution in [2.24, 2.45) is 0 Å². The van der Waals surface area contributed by atoms with E-state index in [-0.39, 0.29) is 17.9 Å².